The van der Waals surface area contributed by atoms with Crippen molar-refractivity contribution in [2.75, 3.05) is 13.1 Å². The van der Waals surface area contributed by atoms with E-state index in [0.29, 0.717) is 0 Å². The Morgan fingerprint density at radius 1 is 1.33 bits per heavy atom. The van der Waals surface area contributed by atoms with Crippen LogP contribution in [0.4, 0.5) is 0 Å². The van der Waals surface area contributed by atoms with Crippen LogP contribution in [0.3, 0.4) is 0 Å². The van der Waals surface area contributed by atoms with E-state index in [2.05, 4.69) is 5.32 Å². The third-order valence-electron chi connectivity index (χ3n) is 3.57. The molecule has 1 atom stereocenters. The minimum absolute atomic E-state index is 0.0420. The standard InChI is InChI=1S/C9H15NO2/c11-8(12)7-1-2-9(7)3-5-10-6-4-9/h7,10H,1-6H2,(H,11,12)/t7-/m1/s1. The van der Waals surface area contributed by atoms with Crippen molar-refractivity contribution in [1.82, 2.24) is 5.32 Å². The molecule has 1 saturated carbocycles. The molecule has 3 heteroatoms. The highest BCUT2D eigenvalue weighted by atomic mass is 16.4. The Kier molecular flexibility index (Phi) is 1.83. The number of carbonyl (C=O) groups is 1. The molecule has 2 aliphatic rings. The van der Waals surface area contributed by atoms with Gasteiger partial charge in [-0.2, -0.15) is 0 Å². The number of hydrogen-bond acceptors (Lipinski definition) is 2. The lowest BCUT2D eigenvalue weighted by atomic mass is 9.56. The summed E-state index contributed by atoms with van der Waals surface area (Å²) in [5.74, 6) is -0.622. The lowest BCUT2D eigenvalue weighted by Gasteiger charge is -2.50. The Morgan fingerprint density at radius 2 is 2.00 bits per heavy atom. The Bertz CT molecular complexity index is 197. The predicted molar refractivity (Wildman–Crippen MR) is 44.9 cm³/mol. The highest BCUT2D eigenvalue weighted by Gasteiger charge is 2.50. The molecule has 0 amide bonds. The number of nitrogens with one attached hydrogen (secondary N) is 1. The normalized spacial score (nSPS) is 32.8. The van der Waals surface area contributed by atoms with Crippen LogP contribution in [0.1, 0.15) is 25.7 Å². The fourth-order valence-corrected chi connectivity index (χ4v) is 2.61. The molecule has 12 heavy (non-hydrogen) atoms. The van der Waals surface area contributed by atoms with E-state index in [4.69, 9.17) is 5.11 Å². The third kappa shape index (κ3) is 1.04. The molecule has 1 aliphatic carbocycles. The number of rotatable bonds is 1. The number of piperidine rings is 1. The SMILES string of the molecule is O=C(O)[C@H]1CCC12CCNCC2. The summed E-state index contributed by atoms with van der Waals surface area (Å²) < 4.78 is 0. The van der Waals surface area contributed by atoms with E-state index in [1.54, 1.807) is 0 Å². The van der Waals surface area contributed by atoms with Crippen molar-refractivity contribution >= 4 is 5.97 Å². The van der Waals surface area contributed by atoms with E-state index in [1.165, 1.54) is 0 Å². The molecule has 0 aromatic rings. The quantitative estimate of drug-likeness (QED) is 0.612. The molecule has 68 valence electrons. The lowest BCUT2D eigenvalue weighted by Crippen LogP contribution is -2.50. The first kappa shape index (κ1) is 8.05. The Balaban J connectivity index is 2.05. The first-order valence-corrected chi connectivity index (χ1v) is 4.68. The minimum atomic E-state index is -0.580. The van der Waals surface area contributed by atoms with E-state index in [0.717, 1.165) is 38.8 Å². The molecular formula is C9H15NO2. The van der Waals surface area contributed by atoms with Gasteiger partial charge in [0.05, 0.1) is 5.92 Å². The Morgan fingerprint density at radius 3 is 2.42 bits per heavy atom. The Labute approximate surface area is 72.2 Å². The molecule has 2 rings (SSSR count). The van der Waals surface area contributed by atoms with Crippen LogP contribution in [0.2, 0.25) is 0 Å². The molecule has 1 aliphatic heterocycles. The van der Waals surface area contributed by atoms with Crippen molar-refractivity contribution in [1.29, 1.82) is 0 Å². The van der Waals surface area contributed by atoms with Crippen molar-refractivity contribution < 1.29 is 9.90 Å². The molecule has 0 aromatic carbocycles. The second-order valence-electron chi connectivity index (χ2n) is 4.04. The van der Waals surface area contributed by atoms with Crippen LogP contribution in [-0.4, -0.2) is 24.2 Å². The molecular weight excluding hydrogens is 154 g/mol. The van der Waals surface area contributed by atoms with Crippen LogP contribution in [-0.2, 0) is 4.79 Å². The van der Waals surface area contributed by atoms with Gasteiger partial charge in [-0.3, -0.25) is 4.79 Å². The Hall–Kier alpha value is -0.570. The first-order valence-electron chi connectivity index (χ1n) is 4.68. The fourth-order valence-electron chi connectivity index (χ4n) is 2.61. The van der Waals surface area contributed by atoms with Crippen LogP contribution < -0.4 is 5.32 Å². The van der Waals surface area contributed by atoms with Crippen molar-refractivity contribution in [3.05, 3.63) is 0 Å². The molecule has 0 aromatic heterocycles. The number of aliphatic carboxylic acids is 1. The van der Waals surface area contributed by atoms with Gasteiger partial charge >= 0.3 is 5.97 Å². The fraction of sp³-hybridized carbons (Fsp3) is 0.889. The number of carboxylic acids is 1. The maximum Gasteiger partial charge on any atom is 0.307 e. The first-order chi connectivity index (χ1) is 5.75. The maximum absolute atomic E-state index is 10.8. The van der Waals surface area contributed by atoms with Gasteiger partial charge in [-0.05, 0) is 44.2 Å². The highest BCUT2D eigenvalue weighted by Crippen LogP contribution is 2.52. The minimum Gasteiger partial charge on any atom is -0.481 e. The monoisotopic (exact) mass is 169 g/mol. The zero-order chi connectivity index (χ0) is 8.60. The van der Waals surface area contributed by atoms with E-state index < -0.39 is 5.97 Å². The second-order valence-corrected chi connectivity index (χ2v) is 4.04. The highest BCUT2D eigenvalue weighted by molar-refractivity contribution is 5.72. The molecule has 2 N–H and O–H groups in total. The summed E-state index contributed by atoms with van der Waals surface area (Å²) >= 11 is 0. The van der Waals surface area contributed by atoms with Gasteiger partial charge in [0.25, 0.3) is 0 Å². The van der Waals surface area contributed by atoms with Crippen LogP contribution in [0.25, 0.3) is 0 Å². The van der Waals surface area contributed by atoms with E-state index in [-0.39, 0.29) is 11.3 Å². The van der Waals surface area contributed by atoms with Gasteiger partial charge in [0.2, 0.25) is 0 Å². The predicted octanol–water partition coefficient (Wildman–Crippen LogP) is 0.851. The molecule has 2 fully saturated rings. The zero-order valence-electron chi connectivity index (χ0n) is 7.18. The summed E-state index contributed by atoms with van der Waals surface area (Å²) in [6.45, 7) is 2.01. The van der Waals surface area contributed by atoms with Gasteiger partial charge in [-0.25, -0.2) is 0 Å². The summed E-state index contributed by atoms with van der Waals surface area (Å²) in [4.78, 5) is 10.8. The number of carboxylic acid groups (broad SMARTS) is 1. The third-order valence-corrected chi connectivity index (χ3v) is 3.57. The average molecular weight is 169 g/mol. The summed E-state index contributed by atoms with van der Waals surface area (Å²) in [6.07, 6.45) is 4.15. The van der Waals surface area contributed by atoms with Gasteiger partial charge in [0.15, 0.2) is 0 Å². The molecule has 0 radical (unpaired) electrons. The topological polar surface area (TPSA) is 49.3 Å². The van der Waals surface area contributed by atoms with E-state index in [1.807, 2.05) is 0 Å². The molecule has 0 bridgehead atoms. The summed E-state index contributed by atoms with van der Waals surface area (Å²) in [5, 5.41) is 12.2. The molecule has 3 nitrogen and oxygen atoms in total. The molecule has 0 unspecified atom stereocenters. The van der Waals surface area contributed by atoms with E-state index >= 15 is 0 Å². The van der Waals surface area contributed by atoms with Gasteiger partial charge in [-0.15, -0.1) is 0 Å². The average Bonchev–Trinajstić information content (AvgIpc) is 2.03. The largest absolute Gasteiger partial charge is 0.481 e. The second kappa shape index (κ2) is 2.73. The van der Waals surface area contributed by atoms with Crippen molar-refractivity contribution in [2.45, 2.75) is 25.7 Å². The number of hydrogen-bond donors (Lipinski definition) is 2. The van der Waals surface area contributed by atoms with Crippen LogP contribution in [0.5, 0.6) is 0 Å². The summed E-state index contributed by atoms with van der Waals surface area (Å²) in [7, 11) is 0. The summed E-state index contributed by atoms with van der Waals surface area (Å²) in [6, 6.07) is 0. The van der Waals surface area contributed by atoms with Gasteiger partial charge in [-0.1, -0.05) is 0 Å². The van der Waals surface area contributed by atoms with Crippen LogP contribution in [0.15, 0.2) is 0 Å². The van der Waals surface area contributed by atoms with Crippen LogP contribution in [0, 0.1) is 11.3 Å². The molecule has 1 spiro atoms. The van der Waals surface area contributed by atoms with Crippen molar-refractivity contribution in [3.8, 4) is 0 Å². The maximum atomic E-state index is 10.8. The smallest absolute Gasteiger partial charge is 0.307 e. The van der Waals surface area contributed by atoms with Crippen molar-refractivity contribution in [2.24, 2.45) is 11.3 Å². The van der Waals surface area contributed by atoms with Crippen LogP contribution >= 0.6 is 0 Å². The van der Waals surface area contributed by atoms with Gasteiger partial charge < -0.3 is 10.4 Å². The molecule has 1 heterocycles. The zero-order valence-corrected chi connectivity index (χ0v) is 7.18. The van der Waals surface area contributed by atoms with Gasteiger partial charge in [0.1, 0.15) is 0 Å². The van der Waals surface area contributed by atoms with E-state index in [9.17, 15) is 4.79 Å². The van der Waals surface area contributed by atoms with Crippen molar-refractivity contribution in [3.63, 3.8) is 0 Å². The summed E-state index contributed by atoms with van der Waals surface area (Å²) in [5.41, 5.74) is 0.178. The lowest BCUT2D eigenvalue weighted by molar-refractivity contribution is -0.156. The van der Waals surface area contributed by atoms with Gasteiger partial charge in [0, 0.05) is 0 Å². The molecule has 1 saturated heterocycles.